The Kier molecular flexibility index (Phi) is 6.82. The molecule has 2 aliphatic rings. The summed E-state index contributed by atoms with van der Waals surface area (Å²) < 4.78 is 42.2. The predicted molar refractivity (Wildman–Crippen MR) is 129 cm³/mol. The number of ether oxygens (including phenoxy) is 1. The summed E-state index contributed by atoms with van der Waals surface area (Å²) in [5.41, 5.74) is 1.91. The maximum Gasteiger partial charge on any atom is 0.422 e. The molecule has 0 radical (unpaired) electrons. The van der Waals surface area contributed by atoms with Crippen molar-refractivity contribution in [3.63, 3.8) is 0 Å². The molecule has 5 rings (SSSR count). The van der Waals surface area contributed by atoms with E-state index in [4.69, 9.17) is 9.72 Å². The fourth-order valence-corrected chi connectivity index (χ4v) is 4.97. The van der Waals surface area contributed by atoms with E-state index in [9.17, 15) is 28.2 Å². The lowest BCUT2D eigenvalue weighted by Gasteiger charge is -2.30. The number of halogens is 3. The first-order valence-corrected chi connectivity index (χ1v) is 12.2. The Morgan fingerprint density at radius 1 is 1.11 bits per heavy atom. The lowest BCUT2D eigenvalue weighted by atomic mass is 9.94. The van der Waals surface area contributed by atoms with Crippen molar-refractivity contribution in [2.75, 3.05) is 13.2 Å². The van der Waals surface area contributed by atoms with E-state index in [1.165, 1.54) is 24.3 Å². The third kappa shape index (κ3) is 5.41. The number of aryl methyl sites for hydroxylation is 1. The number of nitrogens with one attached hydrogen (secondary N) is 1. The largest absolute Gasteiger partial charge is 0.484 e. The lowest BCUT2D eigenvalue weighted by molar-refractivity contribution is -0.153. The summed E-state index contributed by atoms with van der Waals surface area (Å²) in [5, 5.41) is 21.8. The van der Waals surface area contributed by atoms with Crippen molar-refractivity contribution < 1.29 is 28.1 Å². The summed E-state index contributed by atoms with van der Waals surface area (Å²) in [6.07, 6.45) is -4.33. The molecule has 0 bridgehead atoms. The van der Waals surface area contributed by atoms with Crippen molar-refractivity contribution in [1.82, 2.24) is 14.9 Å². The standard InChI is InChI=1S/C27H28F3N3O4/c28-27(29,30)16-37-19-9-4-6-17(14-19)22(34)24(36)33-13-5-10-21-20(15-33)23(35)32-25(31-21)26(11-12-26)18-7-2-1-3-8-18/h1-4,6-9,14,22,24,34,36H,5,10-13,15-16H2,(H,31,32,35). The van der Waals surface area contributed by atoms with Gasteiger partial charge in [0.25, 0.3) is 5.56 Å². The zero-order chi connectivity index (χ0) is 26.2. The van der Waals surface area contributed by atoms with Crippen molar-refractivity contribution in [3.05, 3.63) is 93.2 Å². The molecule has 196 valence electrons. The molecule has 37 heavy (non-hydrogen) atoms. The quantitative estimate of drug-likeness (QED) is 0.445. The number of nitrogens with zero attached hydrogens (tertiary/aromatic N) is 2. The van der Waals surface area contributed by atoms with Gasteiger partial charge in [0.05, 0.1) is 16.7 Å². The minimum Gasteiger partial charge on any atom is -0.484 e. The normalized spacial score (nSPS) is 18.9. The molecule has 0 amide bonds. The number of benzene rings is 2. The molecule has 2 heterocycles. The van der Waals surface area contributed by atoms with E-state index in [1.54, 1.807) is 4.90 Å². The summed E-state index contributed by atoms with van der Waals surface area (Å²) in [6, 6.07) is 15.5. The molecule has 0 saturated heterocycles. The molecule has 1 saturated carbocycles. The average Bonchev–Trinajstić information content (AvgIpc) is 3.71. The van der Waals surface area contributed by atoms with Crippen molar-refractivity contribution in [1.29, 1.82) is 0 Å². The van der Waals surface area contributed by atoms with Crippen LogP contribution in [0.15, 0.2) is 59.4 Å². The number of hydrogen-bond donors (Lipinski definition) is 3. The lowest BCUT2D eigenvalue weighted by Crippen LogP contribution is -2.40. The van der Waals surface area contributed by atoms with Crippen molar-refractivity contribution >= 4 is 0 Å². The average molecular weight is 516 g/mol. The highest BCUT2D eigenvalue weighted by molar-refractivity contribution is 5.40. The van der Waals surface area contributed by atoms with Gasteiger partial charge in [-0.2, -0.15) is 13.2 Å². The molecule has 7 nitrogen and oxygen atoms in total. The van der Waals surface area contributed by atoms with Gasteiger partial charge < -0.3 is 19.9 Å². The first-order valence-electron chi connectivity index (χ1n) is 12.2. The molecular formula is C27H28F3N3O4. The summed E-state index contributed by atoms with van der Waals surface area (Å²) >= 11 is 0. The van der Waals surface area contributed by atoms with Crippen LogP contribution in [-0.4, -0.2) is 50.6 Å². The second-order valence-electron chi connectivity index (χ2n) is 9.70. The number of H-pyrrole nitrogens is 1. The van der Waals surface area contributed by atoms with Crippen LogP contribution in [0.4, 0.5) is 13.2 Å². The number of fused-ring (bicyclic) bond motifs is 1. The predicted octanol–water partition coefficient (Wildman–Crippen LogP) is 3.59. The van der Waals surface area contributed by atoms with E-state index in [0.717, 1.165) is 18.4 Å². The second kappa shape index (κ2) is 9.92. The summed E-state index contributed by atoms with van der Waals surface area (Å²) in [5.74, 6) is 0.593. The monoisotopic (exact) mass is 515 g/mol. The topological polar surface area (TPSA) is 98.7 Å². The molecule has 0 spiro atoms. The smallest absolute Gasteiger partial charge is 0.422 e. The molecule has 2 atom stereocenters. The van der Waals surface area contributed by atoms with Gasteiger partial charge in [0.15, 0.2) is 6.61 Å². The number of aliphatic hydroxyl groups is 2. The molecule has 2 aromatic carbocycles. The first kappa shape index (κ1) is 25.4. The van der Waals surface area contributed by atoms with E-state index in [2.05, 4.69) is 4.98 Å². The van der Waals surface area contributed by atoms with Crippen molar-refractivity contribution in [2.24, 2.45) is 0 Å². The molecule has 1 aliphatic carbocycles. The maximum atomic E-state index is 13.2. The Balaban J connectivity index is 1.34. The van der Waals surface area contributed by atoms with E-state index in [0.29, 0.717) is 36.5 Å². The van der Waals surface area contributed by atoms with Gasteiger partial charge >= 0.3 is 6.18 Å². The van der Waals surface area contributed by atoms with Gasteiger partial charge in [0.2, 0.25) is 0 Å². The number of rotatable bonds is 7. The van der Waals surface area contributed by atoms with E-state index in [-0.39, 0.29) is 28.8 Å². The summed E-state index contributed by atoms with van der Waals surface area (Å²) in [7, 11) is 0. The van der Waals surface area contributed by atoms with Crippen molar-refractivity contribution in [2.45, 2.75) is 56.2 Å². The van der Waals surface area contributed by atoms with Crippen LogP contribution in [0.1, 0.15) is 53.6 Å². The Morgan fingerprint density at radius 2 is 1.86 bits per heavy atom. The molecule has 1 aliphatic heterocycles. The first-order chi connectivity index (χ1) is 17.7. The van der Waals surface area contributed by atoms with Crippen LogP contribution >= 0.6 is 0 Å². The van der Waals surface area contributed by atoms with Crippen LogP contribution in [-0.2, 0) is 18.4 Å². The van der Waals surface area contributed by atoms with Gasteiger partial charge in [-0.1, -0.05) is 42.5 Å². The maximum absolute atomic E-state index is 13.2. The van der Waals surface area contributed by atoms with Crippen LogP contribution in [0.5, 0.6) is 5.75 Å². The third-order valence-corrected chi connectivity index (χ3v) is 7.11. The second-order valence-corrected chi connectivity index (χ2v) is 9.70. The Bertz CT molecular complexity index is 1310. The van der Waals surface area contributed by atoms with Gasteiger partial charge in [-0.3, -0.25) is 9.69 Å². The highest BCUT2D eigenvalue weighted by Crippen LogP contribution is 2.52. The number of aromatic amines is 1. The Morgan fingerprint density at radius 3 is 2.57 bits per heavy atom. The zero-order valence-electron chi connectivity index (χ0n) is 20.0. The molecule has 3 aromatic rings. The van der Waals surface area contributed by atoms with Gasteiger partial charge in [0, 0.05) is 13.1 Å². The van der Waals surface area contributed by atoms with Crippen LogP contribution in [0.2, 0.25) is 0 Å². The molecule has 1 fully saturated rings. The minimum absolute atomic E-state index is 0.0668. The zero-order valence-corrected chi connectivity index (χ0v) is 20.0. The van der Waals surface area contributed by atoms with E-state index in [1.807, 2.05) is 30.3 Å². The van der Waals surface area contributed by atoms with E-state index < -0.39 is 25.1 Å². The third-order valence-electron chi connectivity index (χ3n) is 7.11. The molecular weight excluding hydrogens is 487 g/mol. The SMILES string of the molecule is O=c1[nH]c(C2(c3ccccc3)CC2)nc2c1CN(C(O)C(O)c1cccc(OCC(F)(F)F)c1)CCC2. The van der Waals surface area contributed by atoms with Gasteiger partial charge in [-0.05, 0) is 48.9 Å². The number of aromatic nitrogens is 2. The van der Waals surface area contributed by atoms with Crippen LogP contribution in [0, 0.1) is 0 Å². The molecule has 1 aromatic heterocycles. The fourth-order valence-electron chi connectivity index (χ4n) is 4.97. The van der Waals surface area contributed by atoms with Gasteiger partial charge in [0.1, 0.15) is 23.9 Å². The van der Waals surface area contributed by atoms with E-state index >= 15 is 0 Å². The molecule has 3 N–H and O–H groups in total. The molecule has 2 unspecified atom stereocenters. The summed E-state index contributed by atoms with van der Waals surface area (Å²) in [6.45, 7) is -0.975. The number of hydrogen-bond acceptors (Lipinski definition) is 6. The Hall–Kier alpha value is -3.21. The van der Waals surface area contributed by atoms with Gasteiger partial charge in [-0.15, -0.1) is 0 Å². The van der Waals surface area contributed by atoms with Gasteiger partial charge in [-0.25, -0.2) is 4.98 Å². The highest BCUT2D eigenvalue weighted by Gasteiger charge is 2.48. The number of aliphatic hydroxyl groups excluding tert-OH is 2. The van der Waals surface area contributed by atoms with Crippen LogP contribution in [0.25, 0.3) is 0 Å². The molecule has 10 heteroatoms. The van der Waals surface area contributed by atoms with Crippen LogP contribution in [0.3, 0.4) is 0 Å². The highest BCUT2D eigenvalue weighted by atomic mass is 19.4. The van der Waals surface area contributed by atoms with Crippen molar-refractivity contribution in [3.8, 4) is 5.75 Å². The number of alkyl halides is 3. The summed E-state index contributed by atoms with van der Waals surface area (Å²) in [4.78, 5) is 22.6. The van der Waals surface area contributed by atoms with Crippen LogP contribution < -0.4 is 10.3 Å². The fraction of sp³-hybridized carbons (Fsp3) is 0.407. The minimum atomic E-state index is -4.49. The Labute approximate surface area is 211 Å².